The van der Waals surface area contributed by atoms with Crippen LogP contribution in [0, 0.1) is 0 Å². The maximum Gasteiger partial charge on any atom is 0.282 e. The molecule has 19 heavy (non-hydrogen) atoms. The summed E-state index contributed by atoms with van der Waals surface area (Å²) in [5, 5.41) is 8.31. The topological polar surface area (TPSA) is 102 Å². The van der Waals surface area contributed by atoms with Gasteiger partial charge in [0.15, 0.2) is 11.2 Å². The van der Waals surface area contributed by atoms with Crippen molar-refractivity contribution in [2.24, 2.45) is 0 Å². The van der Waals surface area contributed by atoms with E-state index in [0.29, 0.717) is 17.2 Å². The Morgan fingerprint density at radius 2 is 2.16 bits per heavy atom. The Balaban J connectivity index is 2.12. The van der Waals surface area contributed by atoms with Gasteiger partial charge in [0, 0.05) is 5.02 Å². The summed E-state index contributed by atoms with van der Waals surface area (Å²) < 4.78 is 1.49. The molecule has 7 nitrogen and oxygen atoms in total. The molecule has 2 aromatic heterocycles. The molecule has 0 fully saturated rings. The van der Waals surface area contributed by atoms with Gasteiger partial charge < -0.3 is 5.73 Å². The highest BCUT2D eigenvalue weighted by atomic mass is 35.5. The average Bonchev–Trinajstić information content (AvgIpc) is 2.76. The molecule has 0 unspecified atom stereocenters. The van der Waals surface area contributed by atoms with Gasteiger partial charge in [-0.15, -0.1) is 5.10 Å². The van der Waals surface area contributed by atoms with Crippen molar-refractivity contribution < 1.29 is 0 Å². The van der Waals surface area contributed by atoms with Crippen molar-refractivity contribution in [3.8, 4) is 0 Å². The normalized spacial score (nSPS) is 11.0. The number of hydrogen-bond acceptors (Lipinski definition) is 5. The first kappa shape index (κ1) is 11.7. The molecule has 0 aliphatic carbocycles. The van der Waals surface area contributed by atoms with Gasteiger partial charge in [0.25, 0.3) is 5.56 Å². The van der Waals surface area contributed by atoms with Gasteiger partial charge in [-0.1, -0.05) is 35.0 Å². The Hall–Kier alpha value is -2.41. The maximum absolute atomic E-state index is 11.6. The SMILES string of the molecule is Nc1nc2c(nnn2Cc2ccccc2Cl)c(=O)[nH]1. The Morgan fingerprint density at radius 3 is 2.95 bits per heavy atom. The van der Waals surface area contributed by atoms with Gasteiger partial charge in [0.05, 0.1) is 6.54 Å². The number of rotatable bonds is 2. The van der Waals surface area contributed by atoms with E-state index in [1.807, 2.05) is 18.2 Å². The van der Waals surface area contributed by atoms with E-state index in [2.05, 4.69) is 20.3 Å². The van der Waals surface area contributed by atoms with Crippen LogP contribution in [0.1, 0.15) is 5.56 Å². The summed E-state index contributed by atoms with van der Waals surface area (Å²) >= 11 is 6.08. The van der Waals surface area contributed by atoms with Crippen LogP contribution in [0.3, 0.4) is 0 Å². The summed E-state index contributed by atoms with van der Waals surface area (Å²) in [6, 6.07) is 7.36. The predicted molar refractivity (Wildman–Crippen MR) is 70.9 cm³/mol. The standard InChI is InChI=1S/C11H9ClN6O/c12-7-4-2-1-3-6(7)5-18-9-8(16-17-18)10(19)15-11(13)14-9/h1-4H,5H2,(H3,13,14,15,19). The van der Waals surface area contributed by atoms with E-state index >= 15 is 0 Å². The maximum atomic E-state index is 11.6. The number of H-pyrrole nitrogens is 1. The first-order valence-electron chi connectivity index (χ1n) is 5.47. The average molecular weight is 277 g/mol. The monoisotopic (exact) mass is 276 g/mol. The number of benzene rings is 1. The number of nitrogens with two attached hydrogens (primary N) is 1. The smallest absolute Gasteiger partial charge is 0.282 e. The Morgan fingerprint density at radius 1 is 1.37 bits per heavy atom. The molecule has 3 N–H and O–H groups in total. The number of aromatic amines is 1. The van der Waals surface area contributed by atoms with E-state index < -0.39 is 5.56 Å². The first-order valence-corrected chi connectivity index (χ1v) is 5.85. The van der Waals surface area contributed by atoms with E-state index in [1.165, 1.54) is 4.68 Å². The van der Waals surface area contributed by atoms with Crippen molar-refractivity contribution in [3.63, 3.8) is 0 Å². The van der Waals surface area contributed by atoms with Gasteiger partial charge in [0.2, 0.25) is 5.95 Å². The Labute approximate surface area is 112 Å². The molecule has 0 radical (unpaired) electrons. The number of halogens is 1. The number of nitrogens with zero attached hydrogens (tertiary/aromatic N) is 4. The van der Waals surface area contributed by atoms with Crippen LogP contribution in [-0.2, 0) is 6.54 Å². The van der Waals surface area contributed by atoms with Crippen LogP contribution in [0.4, 0.5) is 5.95 Å². The van der Waals surface area contributed by atoms with Crippen LogP contribution in [0.2, 0.25) is 5.02 Å². The van der Waals surface area contributed by atoms with Crippen LogP contribution in [0.15, 0.2) is 29.1 Å². The largest absolute Gasteiger partial charge is 0.369 e. The minimum absolute atomic E-state index is 0.0280. The molecular weight excluding hydrogens is 268 g/mol. The third-order valence-corrected chi connectivity index (χ3v) is 3.04. The summed E-state index contributed by atoms with van der Waals surface area (Å²) in [5.74, 6) is 0.0280. The molecule has 0 amide bonds. The van der Waals surface area contributed by atoms with E-state index in [4.69, 9.17) is 17.3 Å². The van der Waals surface area contributed by atoms with Crippen molar-refractivity contribution in [2.45, 2.75) is 6.54 Å². The fourth-order valence-electron chi connectivity index (χ4n) is 1.78. The molecular formula is C11H9ClN6O. The van der Waals surface area contributed by atoms with Gasteiger partial charge >= 0.3 is 0 Å². The van der Waals surface area contributed by atoms with Gasteiger partial charge in [-0.25, -0.2) is 4.68 Å². The van der Waals surface area contributed by atoms with E-state index in [0.717, 1.165) is 5.56 Å². The minimum atomic E-state index is -0.409. The second-order valence-corrected chi connectivity index (χ2v) is 4.37. The quantitative estimate of drug-likeness (QED) is 0.721. The van der Waals surface area contributed by atoms with Gasteiger partial charge in [0.1, 0.15) is 0 Å². The van der Waals surface area contributed by atoms with E-state index in [1.54, 1.807) is 6.07 Å². The molecule has 8 heteroatoms. The van der Waals surface area contributed by atoms with Crippen molar-refractivity contribution in [2.75, 3.05) is 5.73 Å². The molecule has 0 spiro atoms. The Kier molecular flexibility index (Phi) is 2.68. The molecule has 0 atom stereocenters. The van der Waals surface area contributed by atoms with E-state index in [-0.39, 0.29) is 11.5 Å². The van der Waals surface area contributed by atoms with Crippen LogP contribution >= 0.6 is 11.6 Å². The zero-order chi connectivity index (χ0) is 13.4. The fraction of sp³-hybridized carbons (Fsp3) is 0.0909. The number of nitrogen functional groups attached to an aromatic ring is 1. The highest BCUT2D eigenvalue weighted by molar-refractivity contribution is 6.31. The van der Waals surface area contributed by atoms with Crippen molar-refractivity contribution >= 4 is 28.7 Å². The molecule has 1 aromatic carbocycles. The lowest BCUT2D eigenvalue weighted by Gasteiger charge is -2.04. The molecule has 3 rings (SSSR count). The van der Waals surface area contributed by atoms with Crippen molar-refractivity contribution in [1.82, 2.24) is 25.0 Å². The first-order chi connectivity index (χ1) is 9.15. The van der Waals surface area contributed by atoms with Crippen molar-refractivity contribution in [3.05, 3.63) is 45.2 Å². The predicted octanol–water partition coefficient (Wildman–Crippen LogP) is 0.798. The summed E-state index contributed by atoms with van der Waals surface area (Å²) in [5.41, 5.74) is 6.45. The summed E-state index contributed by atoms with van der Waals surface area (Å²) in [6.45, 7) is 0.367. The third-order valence-electron chi connectivity index (χ3n) is 2.67. The van der Waals surface area contributed by atoms with Crippen molar-refractivity contribution in [1.29, 1.82) is 0 Å². The minimum Gasteiger partial charge on any atom is -0.369 e. The molecule has 3 aromatic rings. The fourth-order valence-corrected chi connectivity index (χ4v) is 1.97. The molecule has 0 saturated carbocycles. The van der Waals surface area contributed by atoms with Gasteiger partial charge in [-0.05, 0) is 11.6 Å². The van der Waals surface area contributed by atoms with Crippen LogP contribution < -0.4 is 11.3 Å². The number of aromatic nitrogens is 5. The molecule has 0 aliphatic rings. The van der Waals surface area contributed by atoms with Gasteiger partial charge in [-0.3, -0.25) is 9.78 Å². The van der Waals surface area contributed by atoms with Gasteiger partial charge in [-0.2, -0.15) is 4.98 Å². The summed E-state index contributed by atoms with van der Waals surface area (Å²) in [4.78, 5) is 18.0. The lowest BCUT2D eigenvalue weighted by molar-refractivity contribution is 0.664. The lowest BCUT2D eigenvalue weighted by Crippen LogP contribution is -2.12. The second-order valence-electron chi connectivity index (χ2n) is 3.96. The van der Waals surface area contributed by atoms with E-state index in [9.17, 15) is 4.79 Å². The Bertz CT molecular complexity index is 808. The summed E-state index contributed by atoms with van der Waals surface area (Å²) in [6.07, 6.45) is 0. The highest BCUT2D eigenvalue weighted by Gasteiger charge is 2.12. The molecule has 0 aliphatic heterocycles. The number of anilines is 1. The zero-order valence-electron chi connectivity index (χ0n) is 9.67. The van der Waals surface area contributed by atoms with Crippen LogP contribution in [-0.4, -0.2) is 25.0 Å². The second kappa shape index (κ2) is 4.36. The van der Waals surface area contributed by atoms with Crippen LogP contribution in [0.5, 0.6) is 0 Å². The number of fused-ring (bicyclic) bond motifs is 1. The number of nitrogens with one attached hydrogen (secondary N) is 1. The third kappa shape index (κ3) is 2.04. The molecule has 96 valence electrons. The van der Waals surface area contributed by atoms with Crippen LogP contribution in [0.25, 0.3) is 11.2 Å². The summed E-state index contributed by atoms with van der Waals surface area (Å²) in [7, 11) is 0. The zero-order valence-corrected chi connectivity index (χ0v) is 10.4. The highest BCUT2D eigenvalue weighted by Crippen LogP contribution is 2.17. The molecule has 2 heterocycles. The lowest BCUT2D eigenvalue weighted by atomic mass is 10.2. The molecule has 0 bridgehead atoms. The molecule has 0 saturated heterocycles. The number of hydrogen-bond donors (Lipinski definition) is 2.